The third-order valence-corrected chi connectivity index (χ3v) is 3.37. The van der Waals surface area contributed by atoms with Gasteiger partial charge in [0.2, 0.25) is 0 Å². The Morgan fingerprint density at radius 2 is 1.69 bits per heavy atom. The topological polar surface area (TPSA) is 93.7 Å². The fourth-order valence-corrected chi connectivity index (χ4v) is 2.01. The third kappa shape index (κ3) is 7.21. The predicted molar refractivity (Wildman–Crippen MR) is 98.8 cm³/mol. The van der Waals surface area contributed by atoms with E-state index in [0.717, 1.165) is 5.69 Å². The smallest absolute Gasteiger partial charge is 0.328 e. The SMILES string of the molecule is C=CCOC(=O)CC[C@H](NC(=O)c1ccc(NC)cc1)C(=O)OCC=C. The number of benzene rings is 1. The summed E-state index contributed by atoms with van der Waals surface area (Å²) >= 11 is 0. The van der Waals surface area contributed by atoms with E-state index < -0.39 is 23.9 Å². The zero-order valence-electron chi connectivity index (χ0n) is 14.8. The summed E-state index contributed by atoms with van der Waals surface area (Å²) in [5.41, 5.74) is 1.24. The van der Waals surface area contributed by atoms with Crippen LogP contribution in [-0.2, 0) is 19.1 Å². The van der Waals surface area contributed by atoms with E-state index in [1.807, 2.05) is 0 Å². The molecule has 0 spiro atoms. The molecule has 0 aliphatic rings. The fraction of sp³-hybridized carbons (Fsp3) is 0.316. The molecule has 1 amide bonds. The van der Waals surface area contributed by atoms with Gasteiger partial charge in [0.1, 0.15) is 19.3 Å². The first-order valence-corrected chi connectivity index (χ1v) is 8.14. The molecule has 0 aliphatic carbocycles. The number of nitrogens with one attached hydrogen (secondary N) is 2. The van der Waals surface area contributed by atoms with Gasteiger partial charge in [0.25, 0.3) is 5.91 Å². The van der Waals surface area contributed by atoms with Gasteiger partial charge in [0, 0.05) is 24.7 Å². The third-order valence-electron chi connectivity index (χ3n) is 3.37. The van der Waals surface area contributed by atoms with Crippen molar-refractivity contribution in [3.63, 3.8) is 0 Å². The van der Waals surface area contributed by atoms with Crippen LogP contribution in [-0.4, -0.2) is 44.1 Å². The summed E-state index contributed by atoms with van der Waals surface area (Å²) in [5, 5.41) is 5.55. The number of anilines is 1. The van der Waals surface area contributed by atoms with Crippen LogP contribution in [0.2, 0.25) is 0 Å². The van der Waals surface area contributed by atoms with Crippen LogP contribution < -0.4 is 10.6 Å². The van der Waals surface area contributed by atoms with E-state index in [9.17, 15) is 14.4 Å². The second kappa shape index (κ2) is 11.5. The molecule has 1 aromatic rings. The largest absolute Gasteiger partial charge is 0.461 e. The van der Waals surface area contributed by atoms with Gasteiger partial charge in [-0.05, 0) is 30.7 Å². The van der Waals surface area contributed by atoms with Gasteiger partial charge in [-0.3, -0.25) is 9.59 Å². The van der Waals surface area contributed by atoms with Crippen LogP contribution in [0, 0.1) is 0 Å². The van der Waals surface area contributed by atoms with E-state index in [2.05, 4.69) is 23.8 Å². The fourth-order valence-electron chi connectivity index (χ4n) is 2.01. The molecule has 2 N–H and O–H groups in total. The molecule has 0 heterocycles. The Bertz CT molecular complexity index is 640. The van der Waals surface area contributed by atoms with Crippen LogP contribution in [0.3, 0.4) is 0 Å². The number of hydrogen-bond donors (Lipinski definition) is 2. The number of hydrogen-bond acceptors (Lipinski definition) is 6. The van der Waals surface area contributed by atoms with E-state index in [1.165, 1.54) is 12.2 Å². The van der Waals surface area contributed by atoms with E-state index in [1.54, 1.807) is 31.3 Å². The number of carbonyl (C=O) groups is 3. The summed E-state index contributed by atoms with van der Waals surface area (Å²) in [6.07, 6.45) is 2.89. The van der Waals surface area contributed by atoms with Crippen molar-refractivity contribution in [2.24, 2.45) is 0 Å². The lowest BCUT2D eigenvalue weighted by Gasteiger charge is -2.17. The highest BCUT2D eigenvalue weighted by Crippen LogP contribution is 2.10. The number of esters is 2. The lowest BCUT2D eigenvalue weighted by atomic mass is 10.1. The maximum atomic E-state index is 12.4. The number of rotatable bonds is 11. The van der Waals surface area contributed by atoms with Crippen molar-refractivity contribution >= 4 is 23.5 Å². The Morgan fingerprint density at radius 1 is 1.08 bits per heavy atom. The van der Waals surface area contributed by atoms with Gasteiger partial charge in [-0.15, -0.1) is 0 Å². The lowest BCUT2D eigenvalue weighted by molar-refractivity contribution is -0.146. The minimum atomic E-state index is -0.970. The monoisotopic (exact) mass is 360 g/mol. The first-order chi connectivity index (χ1) is 12.5. The Kier molecular flexibility index (Phi) is 9.24. The molecule has 7 heteroatoms. The highest BCUT2D eigenvalue weighted by atomic mass is 16.5. The molecule has 0 aliphatic heterocycles. The van der Waals surface area contributed by atoms with Crippen molar-refractivity contribution in [2.75, 3.05) is 25.6 Å². The Morgan fingerprint density at radius 3 is 2.27 bits per heavy atom. The summed E-state index contributed by atoms with van der Waals surface area (Å²) in [4.78, 5) is 36.1. The van der Waals surface area contributed by atoms with Crippen molar-refractivity contribution in [1.29, 1.82) is 0 Å². The Hall–Kier alpha value is -3.09. The molecule has 0 aromatic heterocycles. The number of carbonyl (C=O) groups excluding carboxylic acids is 3. The van der Waals surface area contributed by atoms with Crippen molar-refractivity contribution in [1.82, 2.24) is 5.32 Å². The molecule has 26 heavy (non-hydrogen) atoms. The maximum absolute atomic E-state index is 12.4. The van der Waals surface area contributed by atoms with Crippen LogP contribution >= 0.6 is 0 Å². The van der Waals surface area contributed by atoms with Crippen molar-refractivity contribution in [3.8, 4) is 0 Å². The minimum Gasteiger partial charge on any atom is -0.461 e. The Balaban J connectivity index is 2.74. The summed E-state index contributed by atoms with van der Waals surface area (Å²) in [6, 6.07) is 5.78. The van der Waals surface area contributed by atoms with Crippen LogP contribution in [0.5, 0.6) is 0 Å². The summed E-state index contributed by atoms with van der Waals surface area (Å²) in [7, 11) is 1.77. The molecule has 0 unspecified atom stereocenters. The second-order valence-corrected chi connectivity index (χ2v) is 5.28. The van der Waals surface area contributed by atoms with Gasteiger partial charge >= 0.3 is 11.9 Å². The molecular formula is C19H24N2O5. The standard InChI is InChI=1S/C19H24N2O5/c1-4-12-25-17(22)11-10-16(19(24)26-13-5-2)21-18(23)14-6-8-15(20-3)9-7-14/h4-9,16,20H,1-2,10-13H2,3H3,(H,21,23)/t16-/m0/s1. The molecule has 0 bridgehead atoms. The molecule has 1 rings (SSSR count). The predicted octanol–water partition coefficient (Wildman–Crippen LogP) is 2.07. The minimum absolute atomic E-state index is 0.0168. The number of ether oxygens (including phenoxy) is 2. The summed E-state index contributed by atoms with van der Waals surface area (Å²) < 4.78 is 9.86. The Labute approximate surface area is 153 Å². The molecule has 1 atom stereocenters. The van der Waals surface area contributed by atoms with E-state index >= 15 is 0 Å². The molecule has 0 fully saturated rings. The molecule has 0 radical (unpaired) electrons. The van der Waals surface area contributed by atoms with Gasteiger partial charge in [0.05, 0.1) is 0 Å². The van der Waals surface area contributed by atoms with E-state index in [-0.39, 0.29) is 26.1 Å². The van der Waals surface area contributed by atoms with Crippen LogP contribution in [0.25, 0.3) is 0 Å². The zero-order valence-corrected chi connectivity index (χ0v) is 14.8. The van der Waals surface area contributed by atoms with E-state index in [4.69, 9.17) is 9.47 Å². The van der Waals surface area contributed by atoms with Gasteiger partial charge in [-0.1, -0.05) is 25.3 Å². The quantitative estimate of drug-likeness (QED) is 0.463. The first-order valence-electron chi connectivity index (χ1n) is 8.14. The van der Waals surface area contributed by atoms with Crippen molar-refractivity contribution in [3.05, 3.63) is 55.1 Å². The molecule has 1 aromatic carbocycles. The average Bonchev–Trinajstić information content (AvgIpc) is 2.67. The lowest BCUT2D eigenvalue weighted by Crippen LogP contribution is -2.42. The van der Waals surface area contributed by atoms with Gasteiger partial charge in [0.15, 0.2) is 0 Å². The highest BCUT2D eigenvalue weighted by Gasteiger charge is 2.24. The summed E-state index contributed by atoms with van der Waals surface area (Å²) in [6.45, 7) is 7.03. The van der Waals surface area contributed by atoms with Crippen LogP contribution in [0.15, 0.2) is 49.6 Å². The van der Waals surface area contributed by atoms with Crippen LogP contribution in [0.4, 0.5) is 5.69 Å². The van der Waals surface area contributed by atoms with Crippen LogP contribution in [0.1, 0.15) is 23.2 Å². The van der Waals surface area contributed by atoms with Crippen molar-refractivity contribution < 1.29 is 23.9 Å². The highest BCUT2D eigenvalue weighted by molar-refractivity contribution is 5.97. The number of amides is 1. The molecule has 140 valence electrons. The van der Waals surface area contributed by atoms with Gasteiger partial charge < -0.3 is 20.1 Å². The van der Waals surface area contributed by atoms with Gasteiger partial charge in [-0.25, -0.2) is 4.79 Å². The molecule has 0 saturated carbocycles. The van der Waals surface area contributed by atoms with Gasteiger partial charge in [-0.2, -0.15) is 0 Å². The van der Waals surface area contributed by atoms with E-state index in [0.29, 0.717) is 5.56 Å². The normalized spacial score (nSPS) is 11.0. The first kappa shape index (κ1) is 21.0. The second-order valence-electron chi connectivity index (χ2n) is 5.28. The molecular weight excluding hydrogens is 336 g/mol. The maximum Gasteiger partial charge on any atom is 0.328 e. The zero-order chi connectivity index (χ0) is 19.4. The molecule has 0 saturated heterocycles. The summed E-state index contributed by atoms with van der Waals surface area (Å²) in [5.74, 6) is -1.56. The van der Waals surface area contributed by atoms with Crippen molar-refractivity contribution in [2.45, 2.75) is 18.9 Å². The molecule has 7 nitrogen and oxygen atoms in total. The average molecular weight is 360 g/mol.